The Kier molecular flexibility index (Phi) is 8.39. The van der Waals surface area contributed by atoms with Crippen LogP contribution in [0.4, 0.5) is 18.9 Å². The second-order valence-corrected chi connectivity index (χ2v) is 9.36. The molecule has 33 heavy (non-hydrogen) atoms. The summed E-state index contributed by atoms with van der Waals surface area (Å²) in [5.74, 6) is -0.179. The Morgan fingerprint density at radius 1 is 1.21 bits per heavy atom. The summed E-state index contributed by atoms with van der Waals surface area (Å²) in [6, 6.07) is 4.68. The molecule has 180 valence electrons. The Labute approximate surface area is 194 Å². The fraction of sp³-hybridized carbons (Fsp3) is 0.545. The van der Waals surface area contributed by atoms with Gasteiger partial charge in [-0.25, -0.2) is 0 Å². The smallest absolute Gasteiger partial charge is 0.352 e. The maximum Gasteiger partial charge on any atom is 0.416 e. The minimum absolute atomic E-state index is 0.0543. The molecule has 2 amide bonds. The summed E-state index contributed by atoms with van der Waals surface area (Å²) in [5.41, 5.74) is -0.781. The van der Waals surface area contributed by atoms with Gasteiger partial charge in [-0.2, -0.15) is 13.2 Å². The molecule has 2 N–H and O–H groups in total. The van der Waals surface area contributed by atoms with Gasteiger partial charge in [0.25, 0.3) is 0 Å². The molecule has 1 aromatic heterocycles. The van der Waals surface area contributed by atoms with Crippen molar-refractivity contribution in [1.82, 2.24) is 20.1 Å². The van der Waals surface area contributed by atoms with E-state index >= 15 is 0 Å². The third-order valence-electron chi connectivity index (χ3n) is 5.50. The van der Waals surface area contributed by atoms with Crippen LogP contribution in [-0.2, 0) is 28.7 Å². The number of nitrogens with zero attached hydrogens (tertiary/aromatic N) is 3. The lowest BCUT2D eigenvalue weighted by Crippen LogP contribution is -2.40. The highest BCUT2D eigenvalue weighted by Gasteiger charge is 2.30. The van der Waals surface area contributed by atoms with Crippen molar-refractivity contribution in [2.75, 3.05) is 5.32 Å². The van der Waals surface area contributed by atoms with Crippen LogP contribution in [0.1, 0.15) is 57.3 Å². The summed E-state index contributed by atoms with van der Waals surface area (Å²) < 4.78 is 40.4. The van der Waals surface area contributed by atoms with Gasteiger partial charge in [-0.15, -0.1) is 10.2 Å². The lowest BCUT2D eigenvalue weighted by Gasteiger charge is -2.24. The van der Waals surface area contributed by atoms with Crippen LogP contribution in [-0.4, -0.2) is 37.9 Å². The number of nitrogens with one attached hydrogen (secondary N) is 2. The molecule has 1 aliphatic rings. The maximum absolute atomic E-state index is 12.9. The van der Waals surface area contributed by atoms with Crippen molar-refractivity contribution in [2.45, 2.75) is 81.5 Å². The molecule has 0 saturated heterocycles. The van der Waals surface area contributed by atoms with Crippen LogP contribution in [0.5, 0.6) is 0 Å². The van der Waals surface area contributed by atoms with E-state index in [4.69, 9.17) is 0 Å². The summed E-state index contributed by atoms with van der Waals surface area (Å²) in [6.45, 7) is 4.16. The first-order valence-corrected chi connectivity index (χ1v) is 11.9. The van der Waals surface area contributed by atoms with Gasteiger partial charge in [-0.3, -0.25) is 9.59 Å². The van der Waals surface area contributed by atoms with Crippen LogP contribution in [0.15, 0.2) is 29.4 Å². The molecular formula is C22H28F3N5O2S. The molecule has 0 unspecified atom stereocenters. The summed E-state index contributed by atoms with van der Waals surface area (Å²) >= 11 is 1.27. The third-order valence-corrected chi connectivity index (χ3v) is 6.59. The number of amides is 2. The zero-order valence-electron chi connectivity index (χ0n) is 18.6. The highest BCUT2D eigenvalue weighted by molar-refractivity contribution is 8.00. The van der Waals surface area contributed by atoms with E-state index in [2.05, 4.69) is 20.8 Å². The molecule has 1 aliphatic carbocycles. The monoisotopic (exact) mass is 483 g/mol. The average molecular weight is 484 g/mol. The highest BCUT2D eigenvalue weighted by atomic mass is 32.2. The normalized spacial score (nSPS) is 15.8. The van der Waals surface area contributed by atoms with Crippen molar-refractivity contribution >= 4 is 29.3 Å². The fourth-order valence-electron chi connectivity index (χ4n) is 3.75. The molecule has 0 aliphatic heterocycles. The summed E-state index contributed by atoms with van der Waals surface area (Å²) in [4.78, 5) is 25.0. The molecule has 1 saturated carbocycles. The number of benzene rings is 1. The SMILES string of the molecule is CCn1c(CC(=O)Nc2cccc(C(F)(F)F)c2)nnc1S[C@H](C)C(=O)NC1CCCCC1. The molecule has 0 bridgehead atoms. The molecule has 1 aromatic carbocycles. The molecule has 1 heterocycles. The van der Waals surface area contributed by atoms with Gasteiger partial charge < -0.3 is 15.2 Å². The largest absolute Gasteiger partial charge is 0.416 e. The molecule has 11 heteroatoms. The van der Waals surface area contributed by atoms with Gasteiger partial charge in [0.1, 0.15) is 5.82 Å². The average Bonchev–Trinajstić information content (AvgIpc) is 3.14. The highest BCUT2D eigenvalue weighted by Crippen LogP contribution is 2.30. The van der Waals surface area contributed by atoms with Crippen molar-refractivity contribution in [3.63, 3.8) is 0 Å². The van der Waals surface area contributed by atoms with Crippen LogP contribution < -0.4 is 10.6 Å². The summed E-state index contributed by atoms with van der Waals surface area (Å²) in [7, 11) is 0. The molecule has 1 atom stereocenters. The first-order chi connectivity index (χ1) is 15.7. The third kappa shape index (κ3) is 6.96. The number of alkyl halides is 3. The van der Waals surface area contributed by atoms with E-state index in [1.54, 1.807) is 11.5 Å². The predicted octanol–water partition coefficient (Wildman–Crippen LogP) is 4.43. The first-order valence-electron chi connectivity index (χ1n) is 11.0. The van der Waals surface area contributed by atoms with Gasteiger partial charge in [0.15, 0.2) is 5.16 Å². The van der Waals surface area contributed by atoms with E-state index in [0.717, 1.165) is 37.8 Å². The zero-order chi connectivity index (χ0) is 24.0. The summed E-state index contributed by atoms with van der Waals surface area (Å²) in [6.07, 6.45) is 0.819. The second-order valence-electron chi connectivity index (χ2n) is 8.05. The number of hydrogen-bond acceptors (Lipinski definition) is 5. The number of rotatable bonds is 8. The van der Waals surface area contributed by atoms with E-state index in [9.17, 15) is 22.8 Å². The number of carbonyl (C=O) groups excluding carboxylic acids is 2. The van der Waals surface area contributed by atoms with E-state index in [1.807, 2.05) is 6.92 Å². The molecule has 0 radical (unpaired) electrons. The molecule has 3 rings (SSSR count). The first kappa shape index (κ1) is 25.1. The fourth-order valence-corrected chi connectivity index (χ4v) is 4.69. The van der Waals surface area contributed by atoms with Gasteiger partial charge >= 0.3 is 6.18 Å². The number of carbonyl (C=O) groups is 2. The van der Waals surface area contributed by atoms with Crippen LogP contribution >= 0.6 is 11.8 Å². The Balaban J connectivity index is 1.60. The zero-order valence-corrected chi connectivity index (χ0v) is 19.4. The van der Waals surface area contributed by atoms with Crippen molar-refractivity contribution in [3.05, 3.63) is 35.7 Å². The van der Waals surface area contributed by atoms with Gasteiger partial charge in [-0.05, 0) is 44.9 Å². The molecule has 1 fully saturated rings. The Hall–Kier alpha value is -2.56. The van der Waals surface area contributed by atoms with Gasteiger partial charge in [-0.1, -0.05) is 37.1 Å². The standard InChI is InChI=1S/C22H28F3N5O2S/c1-3-30-18(13-19(31)26-17-11-7-8-15(12-17)22(23,24)25)28-29-21(30)33-14(2)20(32)27-16-9-5-4-6-10-16/h7-8,11-12,14,16H,3-6,9-10,13H2,1-2H3,(H,26,31)(H,27,32)/t14-/m1/s1. The Morgan fingerprint density at radius 2 is 1.94 bits per heavy atom. The second kappa shape index (κ2) is 11.0. The van der Waals surface area contributed by atoms with Gasteiger partial charge in [0.05, 0.1) is 17.2 Å². The van der Waals surface area contributed by atoms with E-state index in [0.29, 0.717) is 17.5 Å². The van der Waals surface area contributed by atoms with Crippen LogP contribution in [0, 0.1) is 0 Å². The Bertz CT molecular complexity index is 973. The maximum atomic E-state index is 12.9. The van der Waals surface area contributed by atoms with Crippen molar-refractivity contribution in [2.24, 2.45) is 0 Å². The molecular weight excluding hydrogens is 455 g/mol. The van der Waals surface area contributed by atoms with Gasteiger partial charge in [0, 0.05) is 18.3 Å². The van der Waals surface area contributed by atoms with Crippen molar-refractivity contribution < 1.29 is 22.8 Å². The number of thioether (sulfide) groups is 1. The number of hydrogen-bond donors (Lipinski definition) is 2. The quantitative estimate of drug-likeness (QED) is 0.543. The van der Waals surface area contributed by atoms with Gasteiger partial charge in [0.2, 0.25) is 11.8 Å². The molecule has 7 nitrogen and oxygen atoms in total. The van der Waals surface area contributed by atoms with Crippen LogP contribution in [0.3, 0.4) is 0 Å². The Morgan fingerprint density at radius 3 is 2.61 bits per heavy atom. The van der Waals surface area contributed by atoms with E-state index in [1.165, 1.54) is 30.3 Å². The van der Waals surface area contributed by atoms with E-state index in [-0.39, 0.29) is 29.3 Å². The van der Waals surface area contributed by atoms with E-state index < -0.39 is 17.6 Å². The van der Waals surface area contributed by atoms with Crippen molar-refractivity contribution in [1.29, 1.82) is 0 Å². The topological polar surface area (TPSA) is 88.9 Å². The van der Waals surface area contributed by atoms with Crippen molar-refractivity contribution in [3.8, 4) is 0 Å². The number of aromatic nitrogens is 3. The minimum atomic E-state index is -4.49. The lowest BCUT2D eigenvalue weighted by atomic mass is 9.95. The predicted molar refractivity (Wildman–Crippen MR) is 120 cm³/mol. The van der Waals surface area contributed by atoms with Crippen LogP contribution in [0.2, 0.25) is 0 Å². The minimum Gasteiger partial charge on any atom is -0.352 e. The number of halogens is 3. The molecule has 0 spiro atoms. The summed E-state index contributed by atoms with van der Waals surface area (Å²) in [5, 5.41) is 13.9. The number of anilines is 1. The molecule has 2 aromatic rings. The van der Waals surface area contributed by atoms with Crippen LogP contribution in [0.25, 0.3) is 0 Å². The lowest BCUT2D eigenvalue weighted by molar-refractivity contribution is -0.137.